The van der Waals surface area contributed by atoms with E-state index in [0.717, 1.165) is 35.1 Å². The number of benzene rings is 4. The largest absolute Gasteiger partial charge is 0.367 e. The van der Waals surface area contributed by atoms with Crippen molar-refractivity contribution in [2.24, 2.45) is 0 Å². The smallest absolute Gasteiger partial charge is 0.257 e. The first kappa shape index (κ1) is 36.2. The molecule has 0 unspecified atom stereocenters. The monoisotopic (exact) mass is 700 g/mol. The van der Waals surface area contributed by atoms with Crippen LogP contribution in [0.1, 0.15) is 60.1 Å². The van der Waals surface area contributed by atoms with Crippen LogP contribution in [0.15, 0.2) is 109 Å². The van der Waals surface area contributed by atoms with Gasteiger partial charge in [-0.1, -0.05) is 97.1 Å². The molecule has 2 aliphatic rings. The standard InChI is InChI=1S/C42H44N4O6/c1-51-37(31-11-5-3-6-12-31)41(49)45-27-9-15-35(45)39(47)43-33-23-19-29(20-24-33)17-18-30-21-25-34(26-22-30)44-40(48)36-16-10-28-46(36)42(50)38(52-2)32-13-7-4-8-14-32/h3-8,11-14,17-26,35-38H,9-10,15-16,27-28H2,1-2H3,(H,43,47)(H,44,48)/b18-17+/t35-,36-,37-,38-/m0/s1. The van der Waals surface area contributed by atoms with Crippen molar-refractivity contribution in [1.29, 1.82) is 0 Å². The van der Waals surface area contributed by atoms with E-state index >= 15 is 0 Å². The van der Waals surface area contributed by atoms with Crippen molar-refractivity contribution in [3.05, 3.63) is 131 Å². The Morgan fingerprint density at radius 2 is 0.942 bits per heavy atom. The van der Waals surface area contributed by atoms with Crippen molar-refractivity contribution in [2.75, 3.05) is 37.9 Å². The molecular weight excluding hydrogens is 656 g/mol. The first-order valence-electron chi connectivity index (χ1n) is 17.6. The van der Waals surface area contributed by atoms with Crippen LogP contribution >= 0.6 is 0 Å². The number of hydrogen-bond acceptors (Lipinski definition) is 6. The number of hydrogen-bond donors (Lipinski definition) is 2. The first-order valence-corrected chi connectivity index (χ1v) is 17.6. The van der Waals surface area contributed by atoms with Gasteiger partial charge >= 0.3 is 0 Å². The van der Waals surface area contributed by atoms with Crippen LogP contribution in [-0.2, 0) is 28.7 Å². The Bertz CT molecular complexity index is 1730. The summed E-state index contributed by atoms with van der Waals surface area (Å²) in [5.41, 5.74) is 4.69. The van der Waals surface area contributed by atoms with Gasteiger partial charge in [0.05, 0.1) is 0 Å². The first-order chi connectivity index (χ1) is 25.4. The van der Waals surface area contributed by atoms with Crippen molar-refractivity contribution >= 4 is 47.2 Å². The van der Waals surface area contributed by atoms with E-state index < -0.39 is 24.3 Å². The van der Waals surface area contributed by atoms with Gasteiger partial charge in [-0.05, 0) is 72.2 Å². The Balaban J connectivity index is 1.01. The zero-order valence-electron chi connectivity index (χ0n) is 29.4. The highest BCUT2D eigenvalue weighted by molar-refractivity contribution is 5.99. The van der Waals surface area contributed by atoms with Crippen LogP contribution < -0.4 is 10.6 Å². The van der Waals surface area contributed by atoms with Crippen LogP contribution in [0, 0.1) is 0 Å². The molecule has 0 spiro atoms. The van der Waals surface area contributed by atoms with Gasteiger partial charge < -0.3 is 29.9 Å². The highest BCUT2D eigenvalue weighted by Gasteiger charge is 2.39. The summed E-state index contributed by atoms with van der Waals surface area (Å²) in [6.45, 7) is 1.01. The molecule has 52 heavy (non-hydrogen) atoms. The second-order valence-electron chi connectivity index (χ2n) is 13.0. The second kappa shape index (κ2) is 17.1. The maximum Gasteiger partial charge on any atom is 0.257 e. The summed E-state index contributed by atoms with van der Waals surface area (Å²) < 4.78 is 11.1. The lowest BCUT2D eigenvalue weighted by atomic mass is 10.1. The summed E-state index contributed by atoms with van der Waals surface area (Å²) in [6, 6.07) is 32.5. The highest BCUT2D eigenvalue weighted by atomic mass is 16.5. The Labute approximate surface area is 304 Å². The molecule has 4 atom stereocenters. The molecule has 2 N–H and O–H groups in total. The summed E-state index contributed by atoms with van der Waals surface area (Å²) in [7, 11) is 3.01. The van der Waals surface area contributed by atoms with Crippen LogP contribution in [-0.4, -0.2) is 72.8 Å². The van der Waals surface area contributed by atoms with E-state index in [1.807, 2.05) is 121 Å². The summed E-state index contributed by atoms with van der Waals surface area (Å²) >= 11 is 0. The second-order valence-corrected chi connectivity index (χ2v) is 13.0. The molecule has 0 aliphatic carbocycles. The molecule has 10 nitrogen and oxygen atoms in total. The fourth-order valence-corrected chi connectivity index (χ4v) is 6.92. The van der Waals surface area contributed by atoms with Crippen LogP contribution in [0.2, 0.25) is 0 Å². The van der Waals surface area contributed by atoms with E-state index in [2.05, 4.69) is 10.6 Å². The lowest BCUT2D eigenvalue weighted by molar-refractivity contribution is -0.146. The minimum Gasteiger partial charge on any atom is -0.367 e. The van der Waals surface area contributed by atoms with Gasteiger partial charge in [0.2, 0.25) is 11.8 Å². The third-order valence-electron chi connectivity index (χ3n) is 9.63. The molecule has 4 aromatic rings. The highest BCUT2D eigenvalue weighted by Crippen LogP contribution is 2.28. The van der Waals surface area contributed by atoms with Crippen molar-refractivity contribution in [2.45, 2.75) is 50.0 Å². The molecule has 0 aromatic heterocycles. The van der Waals surface area contributed by atoms with Gasteiger partial charge in [-0.15, -0.1) is 0 Å². The number of carbonyl (C=O) groups is 4. The molecule has 2 fully saturated rings. The predicted molar refractivity (Wildman–Crippen MR) is 201 cm³/mol. The number of ether oxygens (including phenoxy) is 2. The van der Waals surface area contributed by atoms with Gasteiger partial charge in [-0.2, -0.15) is 0 Å². The van der Waals surface area contributed by atoms with Crippen LogP contribution in [0.3, 0.4) is 0 Å². The molecule has 0 radical (unpaired) electrons. The topological polar surface area (TPSA) is 117 Å². The van der Waals surface area contributed by atoms with Gasteiger partial charge in [0.1, 0.15) is 12.1 Å². The van der Waals surface area contributed by atoms with E-state index in [-0.39, 0.29) is 23.6 Å². The molecule has 2 heterocycles. The molecule has 0 saturated carbocycles. The number of rotatable bonds is 12. The number of nitrogens with zero attached hydrogens (tertiary/aromatic N) is 2. The quantitative estimate of drug-likeness (QED) is 0.163. The van der Waals surface area contributed by atoms with Crippen molar-refractivity contribution in [3.8, 4) is 0 Å². The minimum absolute atomic E-state index is 0.214. The Morgan fingerprint density at radius 3 is 1.29 bits per heavy atom. The number of carbonyl (C=O) groups excluding carboxylic acids is 4. The van der Waals surface area contributed by atoms with E-state index in [1.54, 1.807) is 9.80 Å². The minimum atomic E-state index is -0.759. The van der Waals surface area contributed by atoms with E-state index in [0.29, 0.717) is 37.3 Å². The molecule has 0 bridgehead atoms. The number of methoxy groups -OCH3 is 2. The molecule has 4 amide bonds. The zero-order chi connectivity index (χ0) is 36.5. The number of amides is 4. The van der Waals surface area contributed by atoms with Crippen LogP contribution in [0.25, 0.3) is 12.2 Å². The lowest BCUT2D eigenvalue weighted by Crippen LogP contribution is -2.45. The average Bonchev–Trinajstić information content (AvgIpc) is 3.88. The van der Waals surface area contributed by atoms with Gasteiger partial charge in [0, 0.05) is 38.7 Å². The SMILES string of the molecule is CO[C@H](C(=O)N1CCC[C@H]1C(=O)Nc1ccc(/C=C/c2ccc(NC(=O)[C@@H]3CCCN3C(=O)[C@@H](OC)c3ccccc3)cc2)cc1)c1ccccc1. The normalized spacial score (nSPS) is 18.3. The molecule has 10 heteroatoms. The van der Waals surface area contributed by atoms with Crippen LogP contribution in [0.4, 0.5) is 11.4 Å². The maximum absolute atomic E-state index is 13.4. The number of likely N-dealkylation sites (tertiary alicyclic amines) is 2. The summed E-state index contributed by atoms with van der Waals surface area (Å²) in [4.78, 5) is 56.6. The van der Waals surface area contributed by atoms with E-state index in [1.165, 1.54) is 14.2 Å². The zero-order valence-corrected chi connectivity index (χ0v) is 29.4. The average molecular weight is 701 g/mol. The fraction of sp³-hybridized carbons (Fsp3) is 0.286. The van der Waals surface area contributed by atoms with Gasteiger partial charge in [0.15, 0.2) is 12.2 Å². The third-order valence-corrected chi connectivity index (χ3v) is 9.63. The predicted octanol–water partition coefficient (Wildman–Crippen LogP) is 6.49. The number of nitrogens with one attached hydrogen (secondary N) is 2. The third kappa shape index (κ3) is 8.47. The Hall–Kier alpha value is -5.58. The summed E-state index contributed by atoms with van der Waals surface area (Å²) in [6.07, 6.45) is 5.09. The summed E-state index contributed by atoms with van der Waals surface area (Å²) in [5, 5.41) is 5.95. The summed E-state index contributed by atoms with van der Waals surface area (Å²) in [5.74, 6) is -0.866. The molecule has 2 aliphatic heterocycles. The van der Waals surface area contributed by atoms with Crippen molar-refractivity contribution in [3.63, 3.8) is 0 Å². The van der Waals surface area contributed by atoms with E-state index in [4.69, 9.17) is 9.47 Å². The van der Waals surface area contributed by atoms with Gasteiger partial charge in [0.25, 0.3) is 11.8 Å². The molecule has 6 rings (SSSR count). The molecular formula is C42H44N4O6. The number of anilines is 2. The molecule has 268 valence electrons. The van der Waals surface area contributed by atoms with Gasteiger partial charge in [-0.25, -0.2) is 0 Å². The van der Waals surface area contributed by atoms with Gasteiger partial charge in [-0.3, -0.25) is 19.2 Å². The van der Waals surface area contributed by atoms with E-state index in [9.17, 15) is 19.2 Å². The molecule has 4 aromatic carbocycles. The Morgan fingerprint density at radius 1 is 0.577 bits per heavy atom. The Kier molecular flexibility index (Phi) is 11.9. The van der Waals surface area contributed by atoms with Crippen molar-refractivity contribution in [1.82, 2.24) is 9.80 Å². The molecule has 2 saturated heterocycles. The van der Waals surface area contributed by atoms with Crippen LogP contribution in [0.5, 0.6) is 0 Å². The maximum atomic E-state index is 13.4. The van der Waals surface area contributed by atoms with Crippen molar-refractivity contribution < 1.29 is 28.7 Å². The lowest BCUT2D eigenvalue weighted by Gasteiger charge is -2.27. The fourth-order valence-electron chi connectivity index (χ4n) is 6.92.